The van der Waals surface area contributed by atoms with Crippen molar-refractivity contribution in [3.8, 4) is 5.75 Å². The summed E-state index contributed by atoms with van der Waals surface area (Å²) in [5, 5.41) is 4.55. The summed E-state index contributed by atoms with van der Waals surface area (Å²) in [7, 11) is 1.69. The van der Waals surface area contributed by atoms with Gasteiger partial charge in [0.2, 0.25) is 0 Å². The summed E-state index contributed by atoms with van der Waals surface area (Å²) in [4.78, 5) is 11.3. The molecule has 0 saturated carbocycles. The first kappa shape index (κ1) is 14.8. The van der Waals surface area contributed by atoms with Crippen molar-refractivity contribution < 1.29 is 4.74 Å². The smallest absolute Gasteiger partial charge is 0.138 e. The molecular formula is C17H19N3OS. The summed E-state index contributed by atoms with van der Waals surface area (Å²) >= 11 is 1.71. The molecule has 0 fully saturated rings. The summed E-state index contributed by atoms with van der Waals surface area (Å²) < 4.78 is 5.26. The van der Waals surface area contributed by atoms with Gasteiger partial charge in [0.25, 0.3) is 0 Å². The van der Waals surface area contributed by atoms with Gasteiger partial charge in [-0.2, -0.15) is 0 Å². The molecule has 2 aromatic heterocycles. The van der Waals surface area contributed by atoms with E-state index in [2.05, 4.69) is 40.4 Å². The number of thiophene rings is 1. The van der Waals surface area contributed by atoms with Crippen LogP contribution in [0.4, 0.5) is 5.82 Å². The fourth-order valence-electron chi connectivity index (χ4n) is 2.44. The van der Waals surface area contributed by atoms with Gasteiger partial charge in [-0.15, -0.1) is 11.3 Å². The molecule has 22 heavy (non-hydrogen) atoms. The number of ether oxygens (including phenoxy) is 1. The molecule has 0 unspecified atom stereocenters. The van der Waals surface area contributed by atoms with Crippen LogP contribution in [-0.2, 0) is 6.42 Å². The van der Waals surface area contributed by atoms with Gasteiger partial charge in [-0.25, -0.2) is 9.97 Å². The van der Waals surface area contributed by atoms with Gasteiger partial charge in [-0.3, -0.25) is 0 Å². The second-order valence-corrected chi connectivity index (χ2v) is 6.46. The average molecular weight is 313 g/mol. The largest absolute Gasteiger partial charge is 0.497 e. The Hall–Kier alpha value is -2.14. The maximum Gasteiger partial charge on any atom is 0.138 e. The van der Waals surface area contributed by atoms with Gasteiger partial charge in [0, 0.05) is 11.4 Å². The summed E-state index contributed by atoms with van der Waals surface area (Å²) in [6.07, 6.45) is 0.921. The standard InChI is InChI=1S/C17H19N3OS/c1-11-9-15-16(19-12(2)20-17(15)22-11)18-8-7-13-5-4-6-14(10-13)21-3/h4-6,9-10H,7-8H2,1-3H3,(H,18,19,20). The van der Waals surface area contributed by atoms with Crippen LogP contribution in [0.25, 0.3) is 10.2 Å². The van der Waals surface area contributed by atoms with Crippen LogP contribution in [0.5, 0.6) is 5.75 Å². The predicted octanol–water partition coefficient (Wildman–Crippen LogP) is 3.97. The van der Waals surface area contributed by atoms with Crippen molar-refractivity contribution in [3.63, 3.8) is 0 Å². The Bertz CT molecular complexity index is 798. The Kier molecular flexibility index (Phi) is 4.24. The van der Waals surface area contributed by atoms with E-state index in [-0.39, 0.29) is 0 Å². The molecule has 4 nitrogen and oxygen atoms in total. The van der Waals surface area contributed by atoms with E-state index in [1.54, 1.807) is 18.4 Å². The van der Waals surface area contributed by atoms with Gasteiger partial charge in [0.05, 0.1) is 12.5 Å². The van der Waals surface area contributed by atoms with Gasteiger partial charge < -0.3 is 10.1 Å². The molecule has 0 bridgehead atoms. The van der Waals surface area contributed by atoms with E-state index < -0.39 is 0 Å². The fraction of sp³-hybridized carbons (Fsp3) is 0.294. The van der Waals surface area contributed by atoms with Crippen molar-refractivity contribution in [2.24, 2.45) is 0 Å². The van der Waals surface area contributed by atoms with Crippen LogP contribution in [0.15, 0.2) is 30.3 Å². The van der Waals surface area contributed by atoms with Crippen LogP contribution in [0.2, 0.25) is 0 Å². The Labute approximate surface area is 134 Å². The minimum Gasteiger partial charge on any atom is -0.497 e. The number of benzene rings is 1. The van der Waals surface area contributed by atoms with Gasteiger partial charge >= 0.3 is 0 Å². The number of methoxy groups -OCH3 is 1. The lowest BCUT2D eigenvalue weighted by Crippen LogP contribution is -2.07. The van der Waals surface area contributed by atoms with Crippen LogP contribution < -0.4 is 10.1 Å². The molecule has 3 rings (SSSR count). The van der Waals surface area contributed by atoms with Crippen molar-refractivity contribution in [2.45, 2.75) is 20.3 Å². The highest BCUT2D eigenvalue weighted by Gasteiger charge is 2.08. The van der Waals surface area contributed by atoms with Crippen molar-refractivity contribution in [1.82, 2.24) is 9.97 Å². The van der Waals surface area contributed by atoms with Crippen molar-refractivity contribution in [1.29, 1.82) is 0 Å². The lowest BCUT2D eigenvalue weighted by atomic mass is 10.1. The number of aromatic nitrogens is 2. The zero-order valence-corrected chi connectivity index (χ0v) is 13.8. The van der Waals surface area contributed by atoms with Crippen LogP contribution in [-0.4, -0.2) is 23.6 Å². The number of rotatable bonds is 5. The molecule has 0 radical (unpaired) electrons. The summed E-state index contributed by atoms with van der Waals surface area (Å²) in [5.74, 6) is 2.62. The van der Waals surface area contributed by atoms with Gasteiger partial charge in [-0.05, 0) is 44.0 Å². The van der Waals surface area contributed by atoms with E-state index in [9.17, 15) is 0 Å². The zero-order valence-electron chi connectivity index (χ0n) is 13.0. The Morgan fingerprint density at radius 3 is 2.86 bits per heavy atom. The predicted molar refractivity (Wildman–Crippen MR) is 92.1 cm³/mol. The second kappa shape index (κ2) is 6.32. The molecule has 0 aliphatic heterocycles. The molecule has 1 N–H and O–H groups in total. The van der Waals surface area contributed by atoms with Gasteiger partial charge in [0.1, 0.15) is 22.2 Å². The van der Waals surface area contributed by atoms with E-state index >= 15 is 0 Å². The number of hydrogen-bond donors (Lipinski definition) is 1. The van der Waals surface area contributed by atoms with E-state index in [1.165, 1.54) is 10.4 Å². The van der Waals surface area contributed by atoms with E-state index in [1.807, 2.05) is 19.1 Å². The molecule has 5 heteroatoms. The Balaban J connectivity index is 1.73. The average Bonchev–Trinajstić information content (AvgIpc) is 2.87. The maximum atomic E-state index is 5.26. The molecule has 114 valence electrons. The normalized spacial score (nSPS) is 10.9. The van der Waals surface area contributed by atoms with E-state index in [4.69, 9.17) is 4.74 Å². The molecule has 0 atom stereocenters. The molecule has 0 amide bonds. The third kappa shape index (κ3) is 3.20. The highest BCUT2D eigenvalue weighted by atomic mass is 32.1. The van der Waals surface area contributed by atoms with Crippen molar-refractivity contribution >= 4 is 27.4 Å². The molecule has 0 saturated heterocycles. The SMILES string of the molecule is COc1cccc(CCNc2nc(C)nc3sc(C)cc23)c1. The third-order valence-electron chi connectivity index (χ3n) is 3.47. The van der Waals surface area contributed by atoms with Crippen molar-refractivity contribution in [3.05, 3.63) is 46.6 Å². The molecule has 0 aliphatic carbocycles. The third-order valence-corrected chi connectivity index (χ3v) is 4.41. The molecule has 1 aromatic carbocycles. The van der Waals surface area contributed by atoms with E-state index in [0.717, 1.165) is 40.6 Å². The number of anilines is 1. The molecule has 2 heterocycles. The number of aryl methyl sites for hydroxylation is 2. The number of nitrogens with zero attached hydrogens (tertiary/aromatic N) is 2. The highest BCUT2D eigenvalue weighted by molar-refractivity contribution is 7.18. The number of fused-ring (bicyclic) bond motifs is 1. The lowest BCUT2D eigenvalue weighted by molar-refractivity contribution is 0.414. The van der Waals surface area contributed by atoms with Crippen molar-refractivity contribution in [2.75, 3.05) is 19.0 Å². The van der Waals surface area contributed by atoms with Crippen LogP contribution >= 0.6 is 11.3 Å². The molecule has 0 spiro atoms. The first-order valence-electron chi connectivity index (χ1n) is 7.27. The Morgan fingerprint density at radius 1 is 1.18 bits per heavy atom. The fourth-order valence-corrected chi connectivity index (χ4v) is 3.36. The monoisotopic (exact) mass is 313 g/mol. The summed E-state index contributed by atoms with van der Waals surface area (Å²) in [6.45, 7) is 4.86. The molecule has 3 aromatic rings. The molecular weight excluding hydrogens is 294 g/mol. The van der Waals surface area contributed by atoms with Gasteiger partial charge in [-0.1, -0.05) is 12.1 Å². The minimum absolute atomic E-state index is 0.804. The zero-order chi connectivity index (χ0) is 15.5. The van der Waals surface area contributed by atoms with Crippen LogP contribution in [0.3, 0.4) is 0 Å². The first-order chi connectivity index (χ1) is 10.7. The maximum absolute atomic E-state index is 5.26. The number of nitrogens with one attached hydrogen (secondary N) is 1. The summed E-state index contributed by atoms with van der Waals surface area (Å²) in [5.41, 5.74) is 1.25. The summed E-state index contributed by atoms with van der Waals surface area (Å²) in [6, 6.07) is 10.3. The van der Waals surface area contributed by atoms with E-state index in [0.29, 0.717) is 0 Å². The lowest BCUT2D eigenvalue weighted by Gasteiger charge is -2.08. The highest BCUT2D eigenvalue weighted by Crippen LogP contribution is 2.28. The van der Waals surface area contributed by atoms with Crippen LogP contribution in [0.1, 0.15) is 16.3 Å². The quantitative estimate of drug-likeness (QED) is 0.774. The number of hydrogen-bond acceptors (Lipinski definition) is 5. The topological polar surface area (TPSA) is 47.0 Å². The molecule has 0 aliphatic rings. The van der Waals surface area contributed by atoms with Gasteiger partial charge in [0.15, 0.2) is 0 Å². The second-order valence-electron chi connectivity index (χ2n) is 5.22. The minimum atomic E-state index is 0.804. The van der Waals surface area contributed by atoms with Crippen LogP contribution in [0, 0.1) is 13.8 Å². The Morgan fingerprint density at radius 2 is 2.05 bits per heavy atom. The first-order valence-corrected chi connectivity index (χ1v) is 8.09.